The lowest BCUT2D eigenvalue weighted by molar-refractivity contribution is 0.333. The first-order valence-electron chi connectivity index (χ1n) is 6.90. The zero-order chi connectivity index (χ0) is 12.0. The van der Waals surface area contributed by atoms with Crippen LogP contribution in [-0.4, -0.2) is 25.0 Å². The van der Waals surface area contributed by atoms with E-state index in [9.17, 15) is 0 Å². The van der Waals surface area contributed by atoms with Crippen LogP contribution >= 0.6 is 0 Å². The molecule has 1 unspecified atom stereocenters. The predicted octanol–water partition coefficient (Wildman–Crippen LogP) is 3.21. The smallest absolute Gasteiger partial charge is 0.00978 e. The van der Waals surface area contributed by atoms with Gasteiger partial charge < -0.3 is 4.90 Å². The highest BCUT2D eigenvalue weighted by molar-refractivity contribution is 5.47. The number of benzene rings is 1. The number of hydrogen-bond acceptors (Lipinski definition) is 1. The molecule has 0 bridgehead atoms. The molecular formula is C16H23N. The summed E-state index contributed by atoms with van der Waals surface area (Å²) in [7, 11) is 2.27. The summed E-state index contributed by atoms with van der Waals surface area (Å²) >= 11 is 0. The molecule has 1 atom stereocenters. The van der Waals surface area contributed by atoms with Crippen molar-refractivity contribution in [1.29, 1.82) is 0 Å². The highest BCUT2D eigenvalue weighted by Crippen LogP contribution is 2.45. The highest BCUT2D eigenvalue weighted by Gasteiger charge is 2.42. The lowest BCUT2D eigenvalue weighted by Gasteiger charge is -2.38. The molecule has 2 aliphatic rings. The van der Waals surface area contributed by atoms with Gasteiger partial charge in [-0.1, -0.05) is 12.1 Å². The van der Waals surface area contributed by atoms with Crippen LogP contribution in [0.1, 0.15) is 41.5 Å². The first kappa shape index (κ1) is 11.3. The summed E-state index contributed by atoms with van der Waals surface area (Å²) in [4.78, 5) is 2.51. The Morgan fingerprint density at radius 3 is 2.59 bits per heavy atom. The summed E-state index contributed by atoms with van der Waals surface area (Å²) in [6, 6.07) is 4.64. The van der Waals surface area contributed by atoms with Gasteiger partial charge in [-0.05, 0) is 75.4 Å². The lowest BCUT2D eigenvalue weighted by Crippen LogP contribution is -2.34. The summed E-state index contributed by atoms with van der Waals surface area (Å²) in [6.07, 6.45) is 5.44. The number of likely N-dealkylation sites (N-methyl/N-ethyl adjacent to an activating group) is 1. The van der Waals surface area contributed by atoms with Crippen LogP contribution in [0.15, 0.2) is 12.1 Å². The summed E-state index contributed by atoms with van der Waals surface area (Å²) in [6.45, 7) is 7.14. The number of nitrogens with zero attached hydrogens (tertiary/aromatic N) is 1. The van der Waals surface area contributed by atoms with Crippen molar-refractivity contribution < 1.29 is 0 Å². The molecule has 3 rings (SSSR count). The van der Waals surface area contributed by atoms with Crippen molar-refractivity contribution in [3.63, 3.8) is 0 Å². The van der Waals surface area contributed by atoms with Crippen molar-refractivity contribution in [1.82, 2.24) is 4.90 Å². The van der Waals surface area contributed by atoms with Crippen LogP contribution in [0.2, 0.25) is 0 Å². The Labute approximate surface area is 105 Å². The molecule has 92 valence electrons. The van der Waals surface area contributed by atoms with E-state index in [1.165, 1.54) is 49.9 Å². The SMILES string of the molecule is Cc1ccc(C)c2c1CCCC21CCN(C)C1. The molecule has 17 heavy (non-hydrogen) atoms. The highest BCUT2D eigenvalue weighted by atomic mass is 15.1. The van der Waals surface area contributed by atoms with Crippen molar-refractivity contribution in [2.75, 3.05) is 20.1 Å². The van der Waals surface area contributed by atoms with Gasteiger partial charge in [-0.3, -0.25) is 0 Å². The largest absolute Gasteiger partial charge is 0.305 e. The van der Waals surface area contributed by atoms with E-state index in [2.05, 4.69) is 37.9 Å². The monoisotopic (exact) mass is 229 g/mol. The second kappa shape index (κ2) is 3.84. The summed E-state index contributed by atoms with van der Waals surface area (Å²) in [5.74, 6) is 0. The third-order valence-corrected chi connectivity index (χ3v) is 4.91. The molecule has 0 amide bonds. The number of likely N-dealkylation sites (tertiary alicyclic amines) is 1. The normalized spacial score (nSPS) is 28.6. The van der Waals surface area contributed by atoms with E-state index in [1.54, 1.807) is 11.1 Å². The van der Waals surface area contributed by atoms with Crippen molar-refractivity contribution in [2.24, 2.45) is 0 Å². The van der Waals surface area contributed by atoms with Crippen LogP contribution in [0.3, 0.4) is 0 Å². The molecule has 1 aromatic rings. The molecular weight excluding hydrogens is 206 g/mol. The number of hydrogen-bond donors (Lipinski definition) is 0. The van der Waals surface area contributed by atoms with Gasteiger partial charge in [-0.25, -0.2) is 0 Å². The average molecular weight is 229 g/mol. The Bertz CT molecular complexity index is 449. The molecule has 1 spiro atoms. The second-order valence-electron chi connectivity index (χ2n) is 6.17. The number of fused-ring (bicyclic) bond motifs is 2. The first-order valence-corrected chi connectivity index (χ1v) is 6.90. The average Bonchev–Trinajstić information content (AvgIpc) is 2.66. The van der Waals surface area contributed by atoms with E-state index in [-0.39, 0.29) is 0 Å². The van der Waals surface area contributed by atoms with E-state index in [0.29, 0.717) is 5.41 Å². The maximum atomic E-state index is 2.51. The van der Waals surface area contributed by atoms with Crippen LogP contribution in [0.4, 0.5) is 0 Å². The van der Waals surface area contributed by atoms with Crippen molar-refractivity contribution in [2.45, 2.75) is 44.9 Å². The molecule has 1 aliphatic carbocycles. The fourth-order valence-corrected chi connectivity index (χ4v) is 4.15. The quantitative estimate of drug-likeness (QED) is 0.660. The molecule has 1 fully saturated rings. The van der Waals surface area contributed by atoms with Crippen LogP contribution < -0.4 is 0 Å². The zero-order valence-electron chi connectivity index (χ0n) is 11.3. The third kappa shape index (κ3) is 1.63. The van der Waals surface area contributed by atoms with Crippen LogP contribution in [-0.2, 0) is 11.8 Å². The van der Waals surface area contributed by atoms with Crippen LogP contribution in [0.5, 0.6) is 0 Å². The Morgan fingerprint density at radius 2 is 1.88 bits per heavy atom. The van der Waals surface area contributed by atoms with Crippen LogP contribution in [0.25, 0.3) is 0 Å². The first-order chi connectivity index (χ1) is 8.12. The van der Waals surface area contributed by atoms with Crippen molar-refractivity contribution in [3.8, 4) is 0 Å². The molecule has 1 aromatic carbocycles. The van der Waals surface area contributed by atoms with Gasteiger partial charge in [0.1, 0.15) is 0 Å². The van der Waals surface area contributed by atoms with E-state index >= 15 is 0 Å². The third-order valence-electron chi connectivity index (χ3n) is 4.91. The van der Waals surface area contributed by atoms with Gasteiger partial charge in [0.15, 0.2) is 0 Å². The summed E-state index contributed by atoms with van der Waals surface area (Å²) in [5.41, 5.74) is 6.91. The molecule has 1 saturated heterocycles. The van der Waals surface area contributed by atoms with Gasteiger partial charge in [0.25, 0.3) is 0 Å². The van der Waals surface area contributed by atoms with Gasteiger partial charge in [0, 0.05) is 12.0 Å². The van der Waals surface area contributed by atoms with E-state index < -0.39 is 0 Å². The predicted molar refractivity (Wildman–Crippen MR) is 72.6 cm³/mol. The number of rotatable bonds is 0. The Balaban J connectivity index is 2.16. The standard InChI is InChI=1S/C16H23N/c1-12-6-7-13(2)15-14(12)5-4-8-16(15)9-10-17(3)11-16/h6-7H,4-5,8-11H2,1-3H3. The maximum Gasteiger partial charge on any atom is 0.00978 e. The summed E-state index contributed by atoms with van der Waals surface area (Å²) in [5, 5.41) is 0. The minimum Gasteiger partial charge on any atom is -0.305 e. The van der Waals surface area contributed by atoms with Crippen molar-refractivity contribution in [3.05, 3.63) is 34.4 Å². The zero-order valence-corrected chi connectivity index (χ0v) is 11.3. The Hall–Kier alpha value is -0.820. The van der Waals surface area contributed by atoms with E-state index in [4.69, 9.17) is 0 Å². The van der Waals surface area contributed by atoms with E-state index in [0.717, 1.165) is 0 Å². The molecule has 0 radical (unpaired) electrons. The van der Waals surface area contributed by atoms with Gasteiger partial charge >= 0.3 is 0 Å². The van der Waals surface area contributed by atoms with Gasteiger partial charge in [-0.15, -0.1) is 0 Å². The van der Waals surface area contributed by atoms with Crippen molar-refractivity contribution >= 4 is 0 Å². The number of aryl methyl sites for hydroxylation is 2. The Morgan fingerprint density at radius 1 is 1.12 bits per heavy atom. The molecule has 1 heterocycles. The fourth-order valence-electron chi connectivity index (χ4n) is 4.15. The molecule has 1 nitrogen and oxygen atoms in total. The molecule has 1 aliphatic heterocycles. The second-order valence-corrected chi connectivity index (χ2v) is 6.17. The minimum atomic E-state index is 0.485. The van der Waals surface area contributed by atoms with Gasteiger partial charge in [-0.2, -0.15) is 0 Å². The summed E-state index contributed by atoms with van der Waals surface area (Å²) < 4.78 is 0. The maximum absolute atomic E-state index is 2.51. The van der Waals surface area contributed by atoms with Crippen LogP contribution in [0, 0.1) is 13.8 Å². The topological polar surface area (TPSA) is 3.24 Å². The Kier molecular flexibility index (Phi) is 2.55. The van der Waals surface area contributed by atoms with E-state index in [1.807, 2.05) is 0 Å². The lowest BCUT2D eigenvalue weighted by atomic mass is 9.67. The minimum absolute atomic E-state index is 0.485. The molecule has 1 heteroatoms. The van der Waals surface area contributed by atoms with Gasteiger partial charge in [0.05, 0.1) is 0 Å². The molecule has 0 saturated carbocycles. The molecule has 0 aromatic heterocycles. The molecule has 0 N–H and O–H groups in total. The van der Waals surface area contributed by atoms with Gasteiger partial charge in [0.2, 0.25) is 0 Å². The fraction of sp³-hybridized carbons (Fsp3) is 0.625.